The van der Waals surface area contributed by atoms with Gasteiger partial charge < -0.3 is 4.74 Å². The molecular formula is C20H24FNO3S. The van der Waals surface area contributed by atoms with E-state index in [9.17, 15) is 12.8 Å². The summed E-state index contributed by atoms with van der Waals surface area (Å²) in [5, 5.41) is 0. The van der Waals surface area contributed by atoms with Gasteiger partial charge in [0.25, 0.3) is 0 Å². The van der Waals surface area contributed by atoms with Crippen molar-refractivity contribution in [3.8, 4) is 5.75 Å². The Morgan fingerprint density at radius 3 is 2.23 bits per heavy atom. The Balaban J connectivity index is 1.53. The summed E-state index contributed by atoms with van der Waals surface area (Å²) in [6, 6.07) is 14.1. The van der Waals surface area contributed by atoms with Gasteiger partial charge in [-0.15, -0.1) is 0 Å². The fourth-order valence-electron chi connectivity index (χ4n) is 2.79. The molecule has 1 fully saturated rings. The number of hydrogen-bond acceptors (Lipinski definition) is 3. The molecule has 2 aromatic carbocycles. The summed E-state index contributed by atoms with van der Waals surface area (Å²) < 4.78 is 44.7. The number of benzene rings is 2. The molecule has 0 N–H and O–H groups in total. The van der Waals surface area contributed by atoms with Crippen molar-refractivity contribution in [2.45, 2.75) is 38.8 Å². The van der Waals surface area contributed by atoms with Crippen LogP contribution in [0.3, 0.4) is 0 Å². The maximum absolute atomic E-state index is 12.9. The third-order valence-electron chi connectivity index (χ3n) is 4.51. The molecule has 0 aliphatic heterocycles. The Kier molecular flexibility index (Phi) is 5.94. The molecule has 0 spiro atoms. The van der Waals surface area contributed by atoms with Gasteiger partial charge >= 0.3 is 0 Å². The molecule has 0 unspecified atom stereocenters. The molecule has 0 aromatic heterocycles. The second-order valence-electron chi connectivity index (χ2n) is 6.55. The van der Waals surface area contributed by atoms with E-state index in [1.807, 2.05) is 24.3 Å². The normalized spacial score (nSPS) is 14.6. The van der Waals surface area contributed by atoms with Gasteiger partial charge in [-0.05, 0) is 55.2 Å². The highest BCUT2D eigenvalue weighted by Crippen LogP contribution is 2.31. The van der Waals surface area contributed by atoms with Crippen molar-refractivity contribution in [3.63, 3.8) is 0 Å². The average molecular weight is 377 g/mol. The predicted molar refractivity (Wildman–Crippen MR) is 100 cm³/mol. The van der Waals surface area contributed by atoms with E-state index in [0.717, 1.165) is 29.7 Å². The zero-order valence-corrected chi connectivity index (χ0v) is 15.7. The lowest BCUT2D eigenvalue weighted by atomic mass is 10.1. The van der Waals surface area contributed by atoms with Crippen molar-refractivity contribution < 1.29 is 17.5 Å². The summed E-state index contributed by atoms with van der Waals surface area (Å²) in [5.41, 5.74) is 1.98. The topological polar surface area (TPSA) is 46.6 Å². The van der Waals surface area contributed by atoms with Gasteiger partial charge in [-0.25, -0.2) is 12.8 Å². The van der Waals surface area contributed by atoms with Crippen molar-refractivity contribution in [1.82, 2.24) is 4.31 Å². The van der Waals surface area contributed by atoms with E-state index in [1.165, 1.54) is 12.1 Å². The fraction of sp³-hybridized carbons (Fsp3) is 0.400. The molecule has 0 saturated heterocycles. The van der Waals surface area contributed by atoms with E-state index in [2.05, 4.69) is 0 Å². The van der Waals surface area contributed by atoms with Crippen LogP contribution in [0, 0.1) is 5.82 Å². The lowest BCUT2D eigenvalue weighted by Gasteiger charge is -2.21. The van der Waals surface area contributed by atoms with Crippen LogP contribution in [0.4, 0.5) is 4.39 Å². The molecule has 2 aromatic rings. The SMILES string of the molecule is CCS(=O)(=O)N(Cc1ccc(OCCc2ccc(F)cc2)cc1)C1CC1. The summed E-state index contributed by atoms with van der Waals surface area (Å²) in [6.07, 6.45) is 2.60. The van der Waals surface area contributed by atoms with E-state index in [-0.39, 0.29) is 17.6 Å². The summed E-state index contributed by atoms with van der Waals surface area (Å²) >= 11 is 0. The van der Waals surface area contributed by atoms with Gasteiger partial charge in [-0.3, -0.25) is 0 Å². The van der Waals surface area contributed by atoms with Crippen molar-refractivity contribution in [2.24, 2.45) is 0 Å². The van der Waals surface area contributed by atoms with Gasteiger partial charge in [0.2, 0.25) is 10.0 Å². The van der Waals surface area contributed by atoms with Crippen LogP contribution in [-0.2, 0) is 23.0 Å². The highest BCUT2D eigenvalue weighted by atomic mass is 32.2. The fourth-order valence-corrected chi connectivity index (χ4v) is 4.13. The second-order valence-corrected chi connectivity index (χ2v) is 8.76. The minimum absolute atomic E-state index is 0.133. The minimum Gasteiger partial charge on any atom is -0.493 e. The molecule has 0 atom stereocenters. The van der Waals surface area contributed by atoms with E-state index in [1.54, 1.807) is 23.4 Å². The van der Waals surface area contributed by atoms with Gasteiger partial charge in [0.05, 0.1) is 12.4 Å². The molecule has 26 heavy (non-hydrogen) atoms. The second kappa shape index (κ2) is 8.18. The smallest absolute Gasteiger partial charge is 0.214 e. The molecule has 0 heterocycles. The Morgan fingerprint density at radius 1 is 1.04 bits per heavy atom. The molecule has 0 radical (unpaired) electrons. The highest BCUT2D eigenvalue weighted by molar-refractivity contribution is 7.89. The van der Waals surface area contributed by atoms with Gasteiger partial charge in [0.15, 0.2) is 0 Å². The minimum atomic E-state index is -3.18. The first-order valence-corrected chi connectivity index (χ1v) is 10.5. The van der Waals surface area contributed by atoms with Crippen molar-refractivity contribution in [3.05, 3.63) is 65.5 Å². The number of nitrogens with zero attached hydrogens (tertiary/aromatic N) is 1. The molecular weight excluding hydrogens is 353 g/mol. The van der Waals surface area contributed by atoms with E-state index in [4.69, 9.17) is 4.74 Å². The summed E-state index contributed by atoms with van der Waals surface area (Å²) in [6.45, 7) is 2.60. The quantitative estimate of drug-likeness (QED) is 0.668. The van der Waals surface area contributed by atoms with Crippen LogP contribution in [0.15, 0.2) is 48.5 Å². The molecule has 1 saturated carbocycles. The van der Waals surface area contributed by atoms with Gasteiger partial charge in [-0.2, -0.15) is 4.31 Å². The lowest BCUT2D eigenvalue weighted by Crippen LogP contribution is -2.33. The molecule has 1 aliphatic carbocycles. The molecule has 1 aliphatic rings. The van der Waals surface area contributed by atoms with Crippen LogP contribution in [0.2, 0.25) is 0 Å². The largest absolute Gasteiger partial charge is 0.493 e. The van der Waals surface area contributed by atoms with Crippen molar-refractivity contribution >= 4 is 10.0 Å². The molecule has 0 bridgehead atoms. The lowest BCUT2D eigenvalue weighted by molar-refractivity contribution is 0.321. The molecule has 0 amide bonds. The van der Waals surface area contributed by atoms with Gasteiger partial charge in [-0.1, -0.05) is 24.3 Å². The zero-order chi connectivity index (χ0) is 18.6. The Labute approximate surface area is 154 Å². The number of hydrogen-bond donors (Lipinski definition) is 0. The Bertz CT molecular complexity index is 815. The molecule has 4 nitrogen and oxygen atoms in total. The maximum atomic E-state index is 12.9. The number of sulfonamides is 1. The van der Waals surface area contributed by atoms with Crippen LogP contribution in [-0.4, -0.2) is 31.1 Å². The van der Waals surface area contributed by atoms with Crippen molar-refractivity contribution in [2.75, 3.05) is 12.4 Å². The first-order chi connectivity index (χ1) is 12.5. The van der Waals surface area contributed by atoms with Crippen LogP contribution in [0.1, 0.15) is 30.9 Å². The van der Waals surface area contributed by atoms with Gasteiger partial charge in [0.1, 0.15) is 11.6 Å². The van der Waals surface area contributed by atoms with Gasteiger partial charge in [0, 0.05) is 19.0 Å². The van der Waals surface area contributed by atoms with E-state index < -0.39 is 10.0 Å². The van der Waals surface area contributed by atoms with Crippen LogP contribution in [0.5, 0.6) is 5.75 Å². The third-order valence-corrected chi connectivity index (χ3v) is 6.38. The number of halogens is 1. The summed E-state index contributed by atoms with van der Waals surface area (Å²) in [7, 11) is -3.18. The van der Waals surface area contributed by atoms with Crippen molar-refractivity contribution in [1.29, 1.82) is 0 Å². The highest BCUT2D eigenvalue weighted by Gasteiger charge is 2.36. The molecule has 140 valence electrons. The van der Waals surface area contributed by atoms with Crippen LogP contribution in [0.25, 0.3) is 0 Å². The first-order valence-electron chi connectivity index (χ1n) is 8.93. The maximum Gasteiger partial charge on any atom is 0.214 e. The standard InChI is InChI=1S/C20H24FNO3S/c1-2-26(23,24)22(19-9-10-19)15-17-5-11-20(12-6-17)25-14-13-16-3-7-18(21)8-4-16/h3-8,11-12,19H,2,9-10,13-15H2,1H3. The summed E-state index contributed by atoms with van der Waals surface area (Å²) in [4.78, 5) is 0. The van der Waals surface area contributed by atoms with Crippen LogP contribution >= 0.6 is 0 Å². The average Bonchev–Trinajstić information content (AvgIpc) is 3.47. The van der Waals surface area contributed by atoms with E-state index in [0.29, 0.717) is 19.6 Å². The Hall–Kier alpha value is -1.92. The third kappa shape index (κ3) is 5.05. The van der Waals surface area contributed by atoms with Crippen LogP contribution < -0.4 is 4.74 Å². The summed E-state index contributed by atoms with van der Waals surface area (Å²) in [5.74, 6) is 0.636. The first kappa shape index (κ1) is 18.9. The molecule has 6 heteroatoms. The monoisotopic (exact) mass is 377 g/mol. The Morgan fingerprint density at radius 2 is 1.65 bits per heavy atom. The predicted octanol–water partition coefficient (Wildman–Crippen LogP) is 3.76. The zero-order valence-electron chi connectivity index (χ0n) is 14.9. The molecule has 3 rings (SSSR count). The number of ether oxygens (including phenoxy) is 1. The number of rotatable bonds is 9. The van der Waals surface area contributed by atoms with E-state index >= 15 is 0 Å².